The lowest BCUT2D eigenvalue weighted by molar-refractivity contribution is -0.127. The van der Waals surface area contributed by atoms with Crippen LogP contribution in [0.3, 0.4) is 0 Å². The van der Waals surface area contributed by atoms with Gasteiger partial charge in [0.05, 0.1) is 20.7 Å². The first-order valence-corrected chi connectivity index (χ1v) is 12.4. The molecule has 9 heteroatoms. The van der Waals surface area contributed by atoms with E-state index in [1.807, 2.05) is 12.1 Å². The molecule has 1 aliphatic rings. The molecule has 0 bridgehead atoms. The van der Waals surface area contributed by atoms with E-state index >= 15 is 0 Å². The van der Waals surface area contributed by atoms with Crippen LogP contribution in [0.5, 0.6) is 5.75 Å². The molecule has 1 saturated heterocycles. The molecule has 3 aromatic rings. The van der Waals surface area contributed by atoms with Gasteiger partial charge in [0.2, 0.25) is 5.91 Å². The summed E-state index contributed by atoms with van der Waals surface area (Å²) in [5, 5.41) is -0.852. The van der Waals surface area contributed by atoms with Gasteiger partial charge in [-0.2, -0.15) is 0 Å². The lowest BCUT2D eigenvalue weighted by Gasteiger charge is -2.15. The van der Waals surface area contributed by atoms with Gasteiger partial charge in [-0.3, -0.25) is 14.5 Å². The molecule has 1 atom stereocenters. The van der Waals surface area contributed by atoms with Crippen LogP contribution in [0.15, 0.2) is 69.6 Å². The van der Waals surface area contributed by atoms with E-state index in [0.717, 1.165) is 22.9 Å². The number of halogens is 4. The van der Waals surface area contributed by atoms with E-state index in [-0.39, 0.29) is 35.9 Å². The Kier molecular flexibility index (Phi) is 7.51. The summed E-state index contributed by atoms with van der Waals surface area (Å²) in [6, 6.07) is 15.5. The molecule has 0 radical (unpaired) electrons. The fourth-order valence-electron chi connectivity index (χ4n) is 3.36. The highest BCUT2D eigenvalue weighted by molar-refractivity contribution is 9.11. The Balaban J connectivity index is 1.42. The Hall–Kier alpha value is -2.23. The number of thioether (sulfide) groups is 1. The van der Waals surface area contributed by atoms with E-state index in [0.29, 0.717) is 26.7 Å². The van der Waals surface area contributed by atoms with Gasteiger partial charge in [-0.25, -0.2) is 8.78 Å². The van der Waals surface area contributed by atoms with Crippen LogP contribution in [0, 0.1) is 11.6 Å². The van der Waals surface area contributed by atoms with E-state index < -0.39 is 5.25 Å². The van der Waals surface area contributed by atoms with Gasteiger partial charge in [0.15, 0.2) is 0 Å². The SMILES string of the molecule is O=C1S[C@H](Cc2cc(Br)c(OCc3ccc(F)cc3)c(Br)c2)C(=O)N1Cc1ccc(F)cc1. The first-order chi connectivity index (χ1) is 15.8. The van der Waals surface area contributed by atoms with Crippen molar-refractivity contribution in [3.05, 3.63) is 97.9 Å². The summed E-state index contributed by atoms with van der Waals surface area (Å²) in [4.78, 5) is 26.5. The monoisotopic (exact) mass is 595 g/mol. The number of hydrogen-bond donors (Lipinski definition) is 0. The zero-order chi connectivity index (χ0) is 23.5. The minimum Gasteiger partial charge on any atom is -0.487 e. The van der Waals surface area contributed by atoms with E-state index in [1.54, 1.807) is 24.3 Å². The van der Waals surface area contributed by atoms with Crippen molar-refractivity contribution in [2.75, 3.05) is 0 Å². The lowest BCUT2D eigenvalue weighted by Crippen LogP contribution is -2.31. The van der Waals surface area contributed by atoms with Crippen LogP contribution in [0.1, 0.15) is 16.7 Å². The lowest BCUT2D eigenvalue weighted by atomic mass is 10.1. The normalized spacial score (nSPS) is 15.9. The first-order valence-electron chi connectivity index (χ1n) is 9.92. The predicted octanol–water partition coefficient (Wildman–Crippen LogP) is 6.88. The number of ether oxygens (including phenoxy) is 1. The fraction of sp³-hybridized carbons (Fsp3) is 0.167. The molecule has 0 N–H and O–H groups in total. The Morgan fingerprint density at radius 1 is 0.848 bits per heavy atom. The van der Waals surface area contributed by atoms with Gasteiger partial charge in [-0.15, -0.1) is 0 Å². The first kappa shape index (κ1) is 23.9. The Labute approximate surface area is 210 Å². The number of hydrogen-bond acceptors (Lipinski definition) is 4. The number of amides is 2. The Morgan fingerprint density at radius 2 is 1.39 bits per heavy atom. The molecule has 1 heterocycles. The largest absolute Gasteiger partial charge is 0.487 e. The van der Waals surface area contributed by atoms with E-state index in [4.69, 9.17) is 4.74 Å². The van der Waals surface area contributed by atoms with Crippen molar-refractivity contribution in [3.63, 3.8) is 0 Å². The molecule has 0 unspecified atom stereocenters. The zero-order valence-electron chi connectivity index (χ0n) is 17.1. The predicted molar refractivity (Wildman–Crippen MR) is 130 cm³/mol. The highest BCUT2D eigenvalue weighted by Gasteiger charge is 2.39. The number of imide groups is 1. The van der Waals surface area contributed by atoms with E-state index in [2.05, 4.69) is 31.9 Å². The number of benzene rings is 3. The van der Waals surface area contributed by atoms with Crippen LogP contribution in [0.2, 0.25) is 0 Å². The molecule has 2 amide bonds. The quantitative estimate of drug-likeness (QED) is 0.298. The molecule has 170 valence electrons. The van der Waals surface area contributed by atoms with Gasteiger partial charge in [0, 0.05) is 0 Å². The number of nitrogens with zero attached hydrogens (tertiary/aromatic N) is 1. The number of carbonyl (C=O) groups is 2. The van der Waals surface area contributed by atoms with Crippen LogP contribution in [0.4, 0.5) is 13.6 Å². The number of carbonyl (C=O) groups excluding carboxylic acids is 2. The zero-order valence-corrected chi connectivity index (χ0v) is 21.1. The van der Waals surface area contributed by atoms with Crippen LogP contribution >= 0.6 is 43.6 Å². The molecule has 33 heavy (non-hydrogen) atoms. The third-order valence-electron chi connectivity index (χ3n) is 5.03. The van der Waals surface area contributed by atoms with Crippen molar-refractivity contribution < 1.29 is 23.1 Å². The molecule has 0 aliphatic carbocycles. The summed E-state index contributed by atoms with van der Waals surface area (Å²) in [5.74, 6) is -0.355. The average Bonchev–Trinajstić information content (AvgIpc) is 3.03. The van der Waals surface area contributed by atoms with Crippen molar-refractivity contribution in [2.24, 2.45) is 0 Å². The summed E-state index contributed by atoms with van der Waals surface area (Å²) in [5.41, 5.74) is 2.37. The molecule has 1 fully saturated rings. The van der Waals surface area contributed by atoms with Gasteiger partial charge in [0.25, 0.3) is 5.24 Å². The summed E-state index contributed by atoms with van der Waals surface area (Å²) in [7, 11) is 0. The second-order valence-corrected chi connectivity index (χ2v) is 10.3. The standard InChI is InChI=1S/C24H17Br2F2NO3S/c25-19-9-16(10-20(26)22(19)32-13-15-3-7-18(28)8-4-15)11-21-23(30)29(24(31)33-21)12-14-1-5-17(27)6-2-14/h1-10,21H,11-13H2/t21-/m1/s1. The summed E-state index contributed by atoms with van der Waals surface area (Å²) in [6.07, 6.45) is 0.366. The molecular weight excluding hydrogens is 580 g/mol. The van der Waals surface area contributed by atoms with Crippen molar-refractivity contribution in [1.29, 1.82) is 0 Å². The topological polar surface area (TPSA) is 46.6 Å². The Bertz CT molecular complexity index is 1170. The summed E-state index contributed by atoms with van der Waals surface area (Å²) < 4.78 is 33.4. The average molecular weight is 597 g/mol. The van der Waals surface area contributed by atoms with Gasteiger partial charge < -0.3 is 4.74 Å². The van der Waals surface area contributed by atoms with Gasteiger partial charge in [-0.1, -0.05) is 36.0 Å². The van der Waals surface area contributed by atoms with E-state index in [1.165, 1.54) is 29.2 Å². The maximum Gasteiger partial charge on any atom is 0.289 e. The van der Waals surface area contributed by atoms with Crippen molar-refractivity contribution in [2.45, 2.75) is 24.8 Å². The second kappa shape index (κ2) is 10.4. The molecule has 1 aliphatic heterocycles. The van der Waals surface area contributed by atoms with Crippen molar-refractivity contribution in [3.8, 4) is 5.75 Å². The molecule has 0 saturated carbocycles. The second-order valence-electron chi connectivity index (χ2n) is 7.43. The van der Waals surface area contributed by atoms with Gasteiger partial charge >= 0.3 is 0 Å². The molecule has 0 aromatic heterocycles. The summed E-state index contributed by atoms with van der Waals surface area (Å²) in [6.45, 7) is 0.381. The maximum atomic E-state index is 13.1. The molecule has 0 spiro atoms. The van der Waals surface area contributed by atoms with Gasteiger partial charge in [-0.05, 0) is 91.4 Å². The smallest absolute Gasteiger partial charge is 0.289 e. The molecule has 3 aromatic carbocycles. The number of rotatable bonds is 7. The van der Waals surface area contributed by atoms with Crippen LogP contribution in [0.25, 0.3) is 0 Å². The highest BCUT2D eigenvalue weighted by atomic mass is 79.9. The van der Waals surface area contributed by atoms with Crippen LogP contribution in [-0.4, -0.2) is 21.3 Å². The molecular formula is C24H17Br2F2NO3S. The third-order valence-corrected chi connectivity index (χ3v) is 7.29. The van der Waals surface area contributed by atoms with E-state index in [9.17, 15) is 18.4 Å². The maximum absolute atomic E-state index is 13.1. The molecule has 4 rings (SSSR count). The third kappa shape index (κ3) is 5.83. The van der Waals surface area contributed by atoms with Crippen LogP contribution in [-0.2, 0) is 24.4 Å². The van der Waals surface area contributed by atoms with Crippen molar-refractivity contribution in [1.82, 2.24) is 4.90 Å². The summed E-state index contributed by atoms with van der Waals surface area (Å²) >= 11 is 8.01. The fourth-order valence-corrected chi connectivity index (χ4v) is 5.90. The minimum absolute atomic E-state index is 0.116. The Morgan fingerprint density at radius 3 is 1.97 bits per heavy atom. The highest BCUT2D eigenvalue weighted by Crippen LogP contribution is 2.37. The van der Waals surface area contributed by atoms with Gasteiger partial charge in [0.1, 0.15) is 24.0 Å². The molecule has 4 nitrogen and oxygen atoms in total. The minimum atomic E-state index is -0.539. The van der Waals surface area contributed by atoms with Crippen LogP contribution < -0.4 is 4.74 Å². The van der Waals surface area contributed by atoms with Crippen molar-refractivity contribution >= 4 is 54.8 Å².